The molecule has 32 heavy (non-hydrogen) atoms. The number of rotatable bonds is 9. The van der Waals surface area contributed by atoms with E-state index in [2.05, 4.69) is 0 Å². The van der Waals surface area contributed by atoms with Crippen molar-refractivity contribution in [2.75, 3.05) is 0 Å². The number of aliphatic hydroxyl groups excluding tert-OH is 1. The third-order valence-electron chi connectivity index (χ3n) is 5.60. The molecule has 5 nitrogen and oxygen atoms in total. The molecule has 1 aliphatic rings. The molecule has 5 heteroatoms. The van der Waals surface area contributed by atoms with Crippen molar-refractivity contribution in [3.63, 3.8) is 0 Å². The van der Waals surface area contributed by atoms with Gasteiger partial charge in [-0.15, -0.1) is 0 Å². The standard InChI is InChI=1S/C27H30O5/c1-20-24(29-17-21-11-5-2-6-12-21)25(30-18-22-13-7-3-8-14-22)26(27(28)32-20)31-19-23-15-9-4-10-16-23/h2-16,20,24-28H,17-19H2,1H3/t20?,24?,25?,26-,27?/m1/s1. The van der Waals surface area contributed by atoms with Crippen molar-refractivity contribution in [2.24, 2.45) is 0 Å². The Hall–Kier alpha value is -2.54. The quantitative estimate of drug-likeness (QED) is 0.538. The Morgan fingerprint density at radius 2 is 0.969 bits per heavy atom. The summed E-state index contributed by atoms with van der Waals surface area (Å²) < 4.78 is 24.5. The van der Waals surface area contributed by atoms with Gasteiger partial charge in [-0.3, -0.25) is 0 Å². The molecule has 1 aliphatic heterocycles. The molecule has 4 rings (SSSR count). The van der Waals surface area contributed by atoms with Gasteiger partial charge in [-0.05, 0) is 23.6 Å². The molecule has 0 aromatic heterocycles. The Kier molecular flexibility index (Phi) is 8.04. The van der Waals surface area contributed by atoms with E-state index in [-0.39, 0.29) is 6.10 Å². The summed E-state index contributed by atoms with van der Waals surface area (Å²) in [4.78, 5) is 0. The molecule has 1 fully saturated rings. The van der Waals surface area contributed by atoms with Gasteiger partial charge in [0.05, 0.1) is 25.9 Å². The maximum atomic E-state index is 10.7. The van der Waals surface area contributed by atoms with Crippen LogP contribution in [0.4, 0.5) is 0 Å². The van der Waals surface area contributed by atoms with Gasteiger partial charge in [0.15, 0.2) is 6.29 Å². The fourth-order valence-electron chi connectivity index (χ4n) is 3.89. The summed E-state index contributed by atoms with van der Waals surface area (Å²) in [6.45, 7) is 3.05. The summed E-state index contributed by atoms with van der Waals surface area (Å²) in [5, 5.41) is 10.7. The van der Waals surface area contributed by atoms with E-state index in [0.29, 0.717) is 19.8 Å². The number of hydrogen-bond donors (Lipinski definition) is 1. The highest BCUT2D eigenvalue weighted by Crippen LogP contribution is 2.29. The normalized spacial score (nSPS) is 25.5. The van der Waals surface area contributed by atoms with Gasteiger partial charge in [0.2, 0.25) is 0 Å². The first kappa shape index (κ1) is 22.6. The topological polar surface area (TPSA) is 57.2 Å². The minimum atomic E-state index is -1.11. The molecule has 0 radical (unpaired) electrons. The molecule has 4 unspecified atom stereocenters. The Bertz CT molecular complexity index is 863. The van der Waals surface area contributed by atoms with Crippen molar-refractivity contribution in [1.82, 2.24) is 0 Å². The average Bonchev–Trinajstić information content (AvgIpc) is 2.83. The monoisotopic (exact) mass is 434 g/mol. The van der Waals surface area contributed by atoms with Crippen molar-refractivity contribution in [3.8, 4) is 0 Å². The van der Waals surface area contributed by atoms with Gasteiger partial charge in [-0.2, -0.15) is 0 Å². The largest absolute Gasteiger partial charge is 0.368 e. The smallest absolute Gasteiger partial charge is 0.184 e. The molecule has 3 aromatic rings. The van der Waals surface area contributed by atoms with Gasteiger partial charge in [0, 0.05) is 0 Å². The Morgan fingerprint density at radius 3 is 1.41 bits per heavy atom. The van der Waals surface area contributed by atoms with E-state index in [0.717, 1.165) is 16.7 Å². The molecular formula is C27H30O5. The molecule has 0 aliphatic carbocycles. The number of benzene rings is 3. The van der Waals surface area contributed by atoms with Gasteiger partial charge < -0.3 is 24.1 Å². The highest BCUT2D eigenvalue weighted by molar-refractivity contribution is 5.15. The molecule has 1 heterocycles. The van der Waals surface area contributed by atoms with Crippen LogP contribution in [-0.4, -0.2) is 35.8 Å². The highest BCUT2D eigenvalue weighted by Gasteiger charge is 2.46. The zero-order valence-corrected chi connectivity index (χ0v) is 18.2. The van der Waals surface area contributed by atoms with E-state index in [1.807, 2.05) is 97.9 Å². The lowest BCUT2D eigenvalue weighted by atomic mass is 9.98. The Labute approximate surface area is 189 Å². The van der Waals surface area contributed by atoms with Crippen molar-refractivity contribution >= 4 is 0 Å². The Balaban J connectivity index is 1.50. The molecule has 0 bridgehead atoms. The maximum Gasteiger partial charge on any atom is 0.184 e. The molecule has 168 valence electrons. The summed E-state index contributed by atoms with van der Waals surface area (Å²) in [5.74, 6) is 0. The lowest BCUT2D eigenvalue weighted by molar-refractivity contribution is -0.308. The van der Waals surface area contributed by atoms with Crippen molar-refractivity contribution in [3.05, 3.63) is 108 Å². The summed E-state index contributed by atoms with van der Waals surface area (Å²) in [6, 6.07) is 29.8. The molecule has 1 saturated heterocycles. The number of aliphatic hydroxyl groups is 1. The predicted octanol–water partition coefficient (Wildman–Crippen LogP) is 4.48. The molecule has 1 N–H and O–H groups in total. The second-order valence-corrected chi connectivity index (χ2v) is 8.02. The molecule has 3 aromatic carbocycles. The highest BCUT2D eigenvalue weighted by atomic mass is 16.7. The van der Waals surface area contributed by atoms with Gasteiger partial charge in [0.1, 0.15) is 18.3 Å². The molecule has 0 spiro atoms. The van der Waals surface area contributed by atoms with E-state index in [4.69, 9.17) is 18.9 Å². The third-order valence-corrected chi connectivity index (χ3v) is 5.60. The minimum absolute atomic E-state index is 0.344. The first-order chi connectivity index (χ1) is 15.7. The predicted molar refractivity (Wildman–Crippen MR) is 122 cm³/mol. The van der Waals surface area contributed by atoms with Crippen molar-refractivity contribution in [2.45, 2.75) is 57.5 Å². The molecule has 5 atom stereocenters. The van der Waals surface area contributed by atoms with Crippen LogP contribution in [0, 0.1) is 0 Å². The van der Waals surface area contributed by atoms with Crippen LogP contribution >= 0.6 is 0 Å². The zero-order valence-electron chi connectivity index (χ0n) is 18.2. The van der Waals surface area contributed by atoms with E-state index in [9.17, 15) is 5.11 Å². The van der Waals surface area contributed by atoms with Gasteiger partial charge in [-0.25, -0.2) is 0 Å². The summed E-state index contributed by atoms with van der Waals surface area (Å²) in [7, 11) is 0. The molecule has 0 amide bonds. The van der Waals surface area contributed by atoms with Gasteiger partial charge in [0.25, 0.3) is 0 Å². The lowest BCUT2D eigenvalue weighted by Crippen LogP contribution is -2.59. The fraction of sp³-hybridized carbons (Fsp3) is 0.333. The summed E-state index contributed by atoms with van der Waals surface area (Å²) >= 11 is 0. The van der Waals surface area contributed by atoms with Crippen LogP contribution in [0.1, 0.15) is 23.6 Å². The van der Waals surface area contributed by atoms with Crippen LogP contribution in [0.2, 0.25) is 0 Å². The van der Waals surface area contributed by atoms with Gasteiger partial charge >= 0.3 is 0 Å². The van der Waals surface area contributed by atoms with E-state index in [1.54, 1.807) is 0 Å². The zero-order chi connectivity index (χ0) is 22.2. The number of ether oxygens (including phenoxy) is 4. The second kappa shape index (κ2) is 11.4. The Morgan fingerprint density at radius 1 is 0.594 bits per heavy atom. The van der Waals surface area contributed by atoms with Crippen LogP contribution in [0.5, 0.6) is 0 Å². The summed E-state index contributed by atoms with van der Waals surface area (Å²) in [5.41, 5.74) is 3.13. The second-order valence-electron chi connectivity index (χ2n) is 8.02. The first-order valence-corrected chi connectivity index (χ1v) is 11.0. The lowest BCUT2D eigenvalue weighted by Gasteiger charge is -2.43. The fourth-order valence-corrected chi connectivity index (χ4v) is 3.89. The molecule has 0 saturated carbocycles. The van der Waals surface area contributed by atoms with E-state index >= 15 is 0 Å². The van der Waals surface area contributed by atoms with Crippen LogP contribution < -0.4 is 0 Å². The SMILES string of the molecule is CC1OC(O)[C@H](OCc2ccccc2)C(OCc2ccccc2)C1OCc1ccccc1. The molecular weight excluding hydrogens is 404 g/mol. The third kappa shape index (κ3) is 6.03. The van der Waals surface area contributed by atoms with E-state index < -0.39 is 24.6 Å². The van der Waals surface area contributed by atoms with Crippen molar-refractivity contribution < 1.29 is 24.1 Å². The maximum absolute atomic E-state index is 10.7. The van der Waals surface area contributed by atoms with Crippen LogP contribution in [0.25, 0.3) is 0 Å². The minimum Gasteiger partial charge on any atom is -0.368 e. The van der Waals surface area contributed by atoms with Crippen molar-refractivity contribution in [1.29, 1.82) is 0 Å². The first-order valence-electron chi connectivity index (χ1n) is 11.0. The van der Waals surface area contributed by atoms with Crippen LogP contribution in [-0.2, 0) is 38.8 Å². The number of hydrogen-bond acceptors (Lipinski definition) is 5. The van der Waals surface area contributed by atoms with Crippen LogP contribution in [0.15, 0.2) is 91.0 Å². The van der Waals surface area contributed by atoms with E-state index in [1.165, 1.54) is 0 Å². The van der Waals surface area contributed by atoms with Gasteiger partial charge in [-0.1, -0.05) is 91.0 Å². The summed E-state index contributed by atoms with van der Waals surface area (Å²) in [6.07, 6.45) is -3.04. The average molecular weight is 435 g/mol. The van der Waals surface area contributed by atoms with Crippen LogP contribution in [0.3, 0.4) is 0 Å².